The third-order valence-electron chi connectivity index (χ3n) is 2.94. The minimum Gasteiger partial charge on any atom is -0.462 e. The minimum atomic E-state index is -0.489. The van der Waals surface area contributed by atoms with E-state index in [1.807, 2.05) is 13.8 Å². The first kappa shape index (κ1) is 15.8. The molecule has 0 radical (unpaired) electrons. The van der Waals surface area contributed by atoms with Crippen LogP contribution in [0.3, 0.4) is 0 Å². The summed E-state index contributed by atoms with van der Waals surface area (Å²) in [5.74, 6) is 1.74. The molecule has 1 aromatic carbocycles. The maximum absolute atomic E-state index is 12.0. The van der Waals surface area contributed by atoms with Gasteiger partial charge in [0.15, 0.2) is 0 Å². The van der Waals surface area contributed by atoms with Gasteiger partial charge in [-0.2, -0.15) is 0 Å². The highest BCUT2D eigenvalue weighted by Crippen LogP contribution is 2.12. The maximum Gasteiger partial charge on any atom is 0.338 e. The molecule has 1 aromatic rings. The fraction of sp³-hybridized carbons (Fsp3) is 0.375. The van der Waals surface area contributed by atoms with Gasteiger partial charge in [-0.15, -0.1) is 6.42 Å². The second-order valence-electron chi connectivity index (χ2n) is 4.54. The molecule has 0 spiro atoms. The molecule has 106 valence electrons. The molecule has 0 aliphatic rings. The zero-order valence-corrected chi connectivity index (χ0v) is 11.8. The third kappa shape index (κ3) is 4.43. The van der Waals surface area contributed by atoms with Crippen molar-refractivity contribution in [1.29, 1.82) is 0 Å². The number of amides is 1. The molecule has 1 atom stereocenters. The number of carbonyl (C=O) groups excluding carboxylic acids is 2. The summed E-state index contributed by atoms with van der Waals surface area (Å²) in [6.07, 6.45) is 6.02. The van der Waals surface area contributed by atoms with E-state index >= 15 is 0 Å². The van der Waals surface area contributed by atoms with E-state index in [2.05, 4.69) is 11.2 Å². The molecule has 0 aliphatic carbocycles. The normalized spacial score (nSPS) is 11.2. The average Bonchev–Trinajstić information content (AvgIpc) is 2.49. The van der Waals surface area contributed by atoms with Crippen molar-refractivity contribution in [2.45, 2.75) is 20.3 Å². The molecule has 4 nitrogen and oxygen atoms in total. The van der Waals surface area contributed by atoms with Crippen LogP contribution in [0.5, 0.6) is 0 Å². The highest BCUT2D eigenvalue weighted by molar-refractivity contribution is 6.05. The summed E-state index contributed by atoms with van der Waals surface area (Å²) in [5, 5.41) is 2.54. The number of nitrogens with one attached hydrogen (secondary N) is 1. The van der Waals surface area contributed by atoms with Gasteiger partial charge in [0.2, 0.25) is 0 Å². The summed E-state index contributed by atoms with van der Waals surface area (Å²) >= 11 is 0. The van der Waals surface area contributed by atoms with Gasteiger partial charge in [0.05, 0.1) is 24.3 Å². The van der Waals surface area contributed by atoms with Crippen molar-refractivity contribution in [3.05, 3.63) is 35.4 Å². The van der Waals surface area contributed by atoms with Crippen molar-refractivity contribution in [2.24, 2.45) is 5.92 Å². The van der Waals surface area contributed by atoms with Crippen molar-refractivity contribution >= 4 is 11.9 Å². The van der Waals surface area contributed by atoms with Gasteiger partial charge in [0.25, 0.3) is 5.91 Å². The van der Waals surface area contributed by atoms with E-state index in [0.29, 0.717) is 12.5 Å². The lowest BCUT2D eigenvalue weighted by Crippen LogP contribution is -2.26. The van der Waals surface area contributed by atoms with Crippen LogP contribution in [0.25, 0.3) is 0 Å². The first-order valence-corrected chi connectivity index (χ1v) is 6.58. The molecule has 0 unspecified atom stereocenters. The van der Waals surface area contributed by atoms with Gasteiger partial charge in [-0.25, -0.2) is 4.79 Å². The van der Waals surface area contributed by atoms with Crippen LogP contribution in [0.4, 0.5) is 0 Å². The lowest BCUT2D eigenvalue weighted by molar-refractivity contribution is 0.0444. The van der Waals surface area contributed by atoms with Gasteiger partial charge in [0.1, 0.15) is 0 Å². The van der Waals surface area contributed by atoms with Gasteiger partial charge < -0.3 is 10.1 Å². The molecular formula is C16H19NO3. The monoisotopic (exact) mass is 273 g/mol. The summed E-state index contributed by atoms with van der Waals surface area (Å²) in [6, 6.07) is 6.53. The van der Waals surface area contributed by atoms with E-state index in [1.54, 1.807) is 24.3 Å². The summed E-state index contributed by atoms with van der Waals surface area (Å²) in [7, 11) is 0. The standard InChI is InChI=1S/C16H19NO3/c1-4-10-17-15(18)13-8-6-7-9-14(13)16(19)20-11-12(3)5-2/h1,6-9,12H,5,10-11H2,2-3H3,(H,17,18)/t12-/m0/s1. The van der Waals surface area contributed by atoms with Crippen LogP contribution in [0, 0.1) is 18.3 Å². The van der Waals surface area contributed by atoms with E-state index < -0.39 is 5.97 Å². The minimum absolute atomic E-state index is 0.120. The molecule has 0 saturated carbocycles. The molecule has 0 bridgehead atoms. The molecule has 1 amide bonds. The molecule has 0 aromatic heterocycles. The SMILES string of the molecule is C#CCNC(=O)c1ccccc1C(=O)OC[C@@H](C)CC. The summed E-state index contributed by atoms with van der Waals surface area (Å²) in [6.45, 7) is 4.49. The van der Waals surface area contributed by atoms with Crippen LogP contribution in [0.2, 0.25) is 0 Å². The number of hydrogen-bond acceptors (Lipinski definition) is 3. The molecule has 4 heteroatoms. The van der Waals surface area contributed by atoms with Crippen LogP contribution >= 0.6 is 0 Å². The first-order chi connectivity index (χ1) is 9.60. The Morgan fingerprint density at radius 1 is 1.35 bits per heavy atom. The molecule has 0 heterocycles. The van der Waals surface area contributed by atoms with Crippen molar-refractivity contribution in [2.75, 3.05) is 13.2 Å². The lowest BCUT2D eigenvalue weighted by atomic mass is 10.1. The second kappa shape index (κ2) is 8.00. The van der Waals surface area contributed by atoms with Crippen LogP contribution < -0.4 is 5.32 Å². The van der Waals surface area contributed by atoms with Gasteiger partial charge in [-0.3, -0.25) is 4.79 Å². The van der Waals surface area contributed by atoms with Crippen LogP contribution in [-0.2, 0) is 4.74 Å². The van der Waals surface area contributed by atoms with E-state index in [9.17, 15) is 9.59 Å². The Morgan fingerprint density at radius 3 is 2.60 bits per heavy atom. The molecule has 20 heavy (non-hydrogen) atoms. The predicted octanol–water partition coefficient (Wildman–Crippen LogP) is 2.25. The van der Waals surface area contributed by atoms with Crippen LogP contribution in [0.1, 0.15) is 41.0 Å². The quantitative estimate of drug-likeness (QED) is 0.639. The molecule has 1 N–H and O–H groups in total. The number of terminal acetylenes is 1. The smallest absolute Gasteiger partial charge is 0.338 e. The van der Waals surface area contributed by atoms with Gasteiger partial charge in [-0.05, 0) is 18.1 Å². The number of ether oxygens (including phenoxy) is 1. The lowest BCUT2D eigenvalue weighted by Gasteiger charge is -2.11. The topological polar surface area (TPSA) is 55.4 Å². The number of esters is 1. The van der Waals surface area contributed by atoms with E-state index in [-0.39, 0.29) is 23.6 Å². The molecule has 0 aliphatic heterocycles. The average molecular weight is 273 g/mol. The number of benzene rings is 1. The van der Waals surface area contributed by atoms with E-state index in [0.717, 1.165) is 6.42 Å². The van der Waals surface area contributed by atoms with Crippen molar-refractivity contribution in [1.82, 2.24) is 5.32 Å². The zero-order valence-electron chi connectivity index (χ0n) is 11.8. The summed E-state index contributed by atoms with van der Waals surface area (Å²) in [4.78, 5) is 23.9. The second-order valence-corrected chi connectivity index (χ2v) is 4.54. The zero-order chi connectivity index (χ0) is 15.0. The van der Waals surface area contributed by atoms with Gasteiger partial charge in [-0.1, -0.05) is 38.3 Å². The summed E-state index contributed by atoms with van der Waals surface area (Å²) < 4.78 is 5.22. The number of carbonyl (C=O) groups is 2. The Bertz CT molecular complexity index is 517. The Hall–Kier alpha value is -2.28. The Labute approximate surface area is 119 Å². The first-order valence-electron chi connectivity index (χ1n) is 6.58. The molecular weight excluding hydrogens is 254 g/mol. The van der Waals surface area contributed by atoms with Crippen LogP contribution in [0.15, 0.2) is 24.3 Å². The number of rotatable bonds is 6. The molecule has 0 fully saturated rings. The largest absolute Gasteiger partial charge is 0.462 e. The van der Waals surface area contributed by atoms with Crippen LogP contribution in [-0.4, -0.2) is 25.0 Å². The third-order valence-corrected chi connectivity index (χ3v) is 2.94. The van der Waals surface area contributed by atoms with Crippen molar-refractivity contribution in [3.63, 3.8) is 0 Å². The Balaban J connectivity index is 2.82. The van der Waals surface area contributed by atoms with Crippen molar-refractivity contribution < 1.29 is 14.3 Å². The van der Waals surface area contributed by atoms with Gasteiger partial charge >= 0.3 is 5.97 Å². The summed E-state index contributed by atoms with van der Waals surface area (Å²) in [5.41, 5.74) is 0.530. The fourth-order valence-electron chi connectivity index (χ4n) is 1.50. The predicted molar refractivity (Wildman–Crippen MR) is 77.3 cm³/mol. The van der Waals surface area contributed by atoms with Gasteiger partial charge in [0, 0.05) is 0 Å². The fourth-order valence-corrected chi connectivity index (χ4v) is 1.50. The van der Waals surface area contributed by atoms with E-state index in [4.69, 9.17) is 11.2 Å². The Morgan fingerprint density at radius 2 is 2.00 bits per heavy atom. The van der Waals surface area contributed by atoms with E-state index in [1.165, 1.54) is 0 Å². The highest BCUT2D eigenvalue weighted by Gasteiger charge is 2.17. The van der Waals surface area contributed by atoms with Crippen molar-refractivity contribution in [3.8, 4) is 12.3 Å². The highest BCUT2D eigenvalue weighted by atomic mass is 16.5. The maximum atomic E-state index is 12.0. The molecule has 1 rings (SSSR count). The Kier molecular flexibility index (Phi) is 6.31. The number of hydrogen-bond donors (Lipinski definition) is 1. The molecule has 0 saturated heterocycles.